The Bertz CT molecular complexity index is 1780. The van der Waals surface area contributed by atoms with Gasteiger partial charge in [-0.25, -0.2) is 19.2 Å². The number of rotatable bonds is 2. The molecule has 7 heterocycles. The van der Waals surface area contributed by atoms with Gasteiger partial charge in [-0.05, 0) is 0 Å². The molecule has 4 unspecified atom stereocenters. The Kier molecular flexibility index (Phi) is 63.4. The van der Waals surface area contributed by atoms with E-state index in [1.54, 1.807) is 12.2 Å². The minimum atomic E-state index is -1.59. The molecule has 8 N–H and O–H groups in total. The standard InChI is InChI=1S/2C12H23NO4.C12H18O8.C12H16O7.2C8H15NO2/c2*1-2-6-15-10-12-17-8-4-13-3-7-16-11-9-14-5-1;13-11(14)9-10(12(15)16)20-8-6-18-4-2-1-3-17-5-7-19-9;13-11-9-10(12(14)19-11)18-8-6-16-4-2-1-3-15-5-7-17-9;2*1-2-6-11-8-4-9-3-7-10-5-1/h2*1-2,13H,3-12H2;1-2,9-10H,3-8H2,(H,13,14)(H,15,16);1-2,9-10H,3-8H2;2*1-2,9H,3-8H2/p+2/b6*2-1-. The normalized spacial score (nSPS) is 27.2. The molecule has 0 radical (unpaired) electrons. The van der Waals surface area contributed by atoms with Crippen LogP contribution in [0.25, 0.3) is 0 Å². The molecular formula is C64H112N4O27+2. The van der Waals surface area contributed by atoms with Crippen LogP contribution in [0.4, 0.5) is 0 Å². The van der Waals surface area contributed by atoms with Gasteiger partial charge in [0.2, 0.25) is 0 Å². The lowest BCUT2D eigenvalue weighted by Gasteiger charge is -2.21. The van der Waals surface area contributed by atoms with E-state index < -0.39 is 48.3 Å². The number of aliphatic carboxylic acids is 2. The molecule has 7 aliphatic heterocycles. The highest BCUT2D eigenvalue weighted by molar-refractivity contribution is 5.99. The Morgan fingerprint density at radius 3 is 0.758 bits per heavy atom. The van der Waals surface area contributed by atoms with Crippen LogP contribution in [0, 0.1) is 0 Å². The summed E-state index contributed by atoms with van der Waals surface area (Å²) in [5.74, 6) is -4.23. The zero-order chi connectivity index (χ0) is 67.9. The van der Waals surface area contributed by atoms with Crippen molar-refractivity contribution >= 4 is 23.9 Å². The van der Waals surface area contributed by atoms with Crippen molar-refractivity contribution in [2.45, 2.75) is 24.4 Å². The Labute approximate surface area is 559 Å². The maximum Gasteiger partial charge on any atom is 0.346 e. The highest BCUT2D eigenvalue weighted by atomic mass is 16.7. The lowest BCUT2D eigenvalue weighted by atomic mass is 10.2. The zero-order valence-corrected chi connectivity index (χ0v) is 55.6. The summed E-state index contributed by atoms with van der Waals surface area (Å²) in [7, 11) is 0. The van der Waals surface area contributed by atoms with Gasteiger partial charge in [0.1, 0.15) is 0 Å². The van der Waals surface area contributed by atoms with E-state index in [-0.39, 0.29) is 39.6 Å². The van der Waals surface area contributed by atoms with Crippen LogP contribution in [0.2, 0.25) is 0 Å². The number of carboxylic acids is 2. The van der Waals surface area contributed by atoms with Crippen LogP contribution < -0.4 is 21.3 Å². The van der Waals surface area contributed by atoms with E-state index in [0.717, 1.165) is 105 Å². The van der Waals surface area contributed by atoms with Gasteiger partial charge in [-0.15, -0.1) is 0 Å². The van der Waals surface area contributed by atoms with E-state index in [4.69, 9.17) is 105 Å². The topological polar surface area (TPSA) is 360 Å². The number of nitrogens with two attached hydrogens (primary N) is 2. The maximum absolute atomic E-state index is 11.4. The van der Waals surface area contributed by atoms with Gasteiger partial charge in [0.05, 0.1) is 264 Å². The van der Waals surface area contributed by atoms with E-state index >= 15 is 0 Å². The molecule has 548 valence electrons. The smallest absolute Gasteiger partial charge is 0.346 e. The molecule has 0 amide bonds. The average molecular weight is 1370 g/mol. The third kappa shape index (κ3) is 57.2. The van der Waals surface area contributed by atoms with Crippen molar-refractivity contribution in [2.24, 2.45) is 0 Å². The third-order valence-corrected chi connectivity index (χ3v) is 12.4. The van der Waals surface area contributed by atoms with E-state index in [9.17, 15) is 19.2 Å². The number of hydrogen-bond acceptors (Lipinski definition) is 27. The van der Waals surface area contributed by atoms with Crippen molar-refractivity contribution in [2.75, 3.05) is 290 Å². The summed E-state index contributed by atoms with van der Waals surface area (Å²) < 4.78 is 110. The molecule has 7 rings (SSSR count). The van der Waals surface area contributed by atoms with Crippen molar-refractivity contribution in [1.82, 2.24) is 10.6 Å². The van der Waals surface area contributed by atoms with Gasteiger partial charge in [0, 0.05) is 26.2 Å². The first-order valence-electron chi connectivity index (χ1n) is 32.8. The van der Waals surface area contributed by atoms with Gasteiger partial charge >= 0.3 is 23.9 Å². The fourth-order valence-corrected chi connectivity index (χ4v) is 7.58. The number of hydrogen-bond donors (Lipinski definition) is 6. The minimum Gasteiger partial charge on any atom is -0.479 e. The fourth-order valence-electron chi connectivity index (χ4n) is 7.58. The predicted molar refractivity (Wildman–Crippen MR) is 342 cm³/mol. The number of carbonyl (C=O) groups is 4. The lowest BCUT2D eigenvalue weighted by Crippen LogP contribution is -2.86. The number of esters is 2. The molecular weight excluding hydrogens is 1260 g/mol. The van der Waals surface area contributed by atoms with Gasteiger partial charge in [-0.3, -0.25) is 0 Å². The van der Waals surface area contributed by atoms with Crippen molar-refractivity contribution in [3.05, 3.63) is 72.9 Å². The number of quaternary nitrogens is 2. The molecule has 7 aliphatic rings. The van der Waals surface area contributed by atoms with Crippen molar-refractivity contribution in [3.8, 4) is 0 Å². The molecule has 0 aromatic carbocycles. The largest absolute Gasteiger partial charge is 0.479 e. The van der Waals surface area contributed by atoms with Crippen LogP contribution in [0.5, 0.6) is 0 Å². The highest BCUT2D eigenvalue weighted by Gasteiger charge is 2.46. The number of fused-ring (bicyclic) bond motifs is 1. The number of carbonyl (C=O) groups excluding carboxylic acids is 2. The second-order valence-corrected chi connectivity index (χ2v) is 20.0. The number of nitrogens with one attached hydrogen (secondary N) is 2. The number of cyclic esters (lactones) is 2. The van der Waals surface area contributed by atoms with Crippen LogP contribution in [-0.2, 0) is 119 Å². The molecule has 0 aromatic heterocycles. The van der Waals surface area contributed by atoms with Gasteiger partial charge in [-0.1, -0.05) is 72.9 Å². The molecule has 31 nitrogen and oxygen atoms in total. The second kappa shape index (κ2) is 69.5. The monoisotopic (exact) mass is 1370 g/mol. The van der Waals surface area contributed by atoms with E-state index in [1.165, 1.54) is 0 Å². The highest BCUT2D eigenvalue weighted by Crippen LogP contribution is 2.17. The van der Waals surface area contributed by atoms with Crippen LogP contribution >= 0.6 is 0 Å². The Hall–Kier alpha value is -4.44. The van der Waals surface area contributed by atoms with Gasteiger partial charge in [0.15, 0.2) is 24.4 Å². The number of carboxylic acid groups (broad SMARTS) is 2. The summed E-state index contributed by atoms with van der Waals surface area (Å²) in [6, 6.07) is 0. The number of ether oxygens (including phenoxy) is 21. The first kappa shape index (κ1) is 86.6. The summed E-state index contributed by atoms with van der Waals surface area (Å²) in [5, 5.41) is 28.9. The van der Waals surface area contributed by atoms with Crippen molar-refractivity contribution in [1.29, 1.82) is 0 Å². The van der Waals surface area contributed by atoms with Crippen LogP contribution in [0.3, 0.4) is 0 Å². The van der Waals surface area contributed by atoms with Crippen molar-refractivity contribution in [3.63, 3.8) is 0 Å². The molecule has 1 fully saturated rings. The quantitative estimate of drug-likeness (QED) is 0.0962. The van der Waals surface area contributed by atoms with E-state index in [1.807, 2.05) is 60.8 Å². The summed E-state index contributed by atoms with van der Waals surface area (Å²) in [4.78, 5) is 45.0. The zero-order valence-electron chi connectivity index (χ0n) is 55.6. The molecule has 95 heavy (non-hydrogen) atoms. The fraction of sp³-hybridized carbons (Fsp3) is 0.750. The molecule has 0 saturated carbocycles. The first-order chi connectivity index (χ1) is 46.9. The van der Waals surface area contributed by atoms with Crippen LogP contribution in [-0.4, -0.2) is 349 Å². The van der Waals surface area contributed by atoms with Crippen LogP contribution in [0.1, 0.15) is 0 Å². The minimum absolute atomic E-state index is 0.0333. The summed E-state index contributed by atoms with van der Waals surface area (Å²) in [6.45, 7) is 27.1. The first-order valence-corrected chi connectivity index (χ1v) is 32.8. The predicted octanol–water partition coefficient (Wildman–Crippen LogP) is -2.30. The molecule has 31 heteroatoms. The maximum atomic E-state index is 11.4. The van der Waals surface area contributed by atoms with Gasteiger partial charge < -0.3 is 131 Å². The average Bonchev–Trinajstić information content (AvgIpc) is 1.84. The second-order valence-electron chi connectivity index (χ2n) is 20.0. The van der Waals surface area contributed by atoms with E-state index in [2.05, 4.69) is 26.0 Å². The third-order valence-electron chi connectivity index (χ3n) is 12.4. The van der Waals surface area contributed by atoms with Gasteiger partial charge in [-0.2, -0.15) is 0 Å². The molecule has 0 aromatic rings. The Morgan fingerprint density at radius 2 is 0.484 bits per heavy atom. The molecule has 0 spiro atoms. The van der Waals surface area contributed by atoms with Gasteiger partial charge in [0.25, 0.3) is 0 Å². The molecule has 4 atom stereocenters. The molecule has 0 aliphatic carbocycles. The van der Waals surface area contributed by atoms with Crippen molar-refractivity contribution < 1.29 is 139 Å². The summed E-state index contributed by atoms with van der Waals surface area (Å²) in [5.41, 5.74) is 0. The van der Waals surface area contributed by atoms with Crippen LogP contribution in [0.15, 0.2) is 72.9 Å². The SMILES string of the molecule is C1=C\COCCNCCOC/1.C1=C\COCCOCCNCCOCCOC/1.C1=C\COCCOCC[NH2+]CCOCCOC/1.C1=C\COCC[NH2+]CCOC/1.O=C(O)C1OCCOC/C=C\COCCOC1C(=O)O.O=C1OC(=O)C2OCCOC/C=C\COCCOC12. The molecule has 1 saturated heterocycles. The molecule has 0 bridgehead atoms. The summed E-state index contributed by atoms with van der Waals surface area (Å²) >= 11 is 0. The Morgan fingerprint density at radius 1 is 0.284 bits per heavy atom. The van der Waals surface area contributed by atoms with E-state index in [0.29, 0.717) is 145 Å². The Balaban J connectivity index is 0.000000393. The lowest BCUT2D eigenvalue weighted by molar-refractivity contribution is -0.657. The summed E-state index contributed by atoms with van der Waals surface area (Å²) in [6.07, 6.45) is 17.8.